The molecule has 3 aromatic carbocycles. The Labute approximate surface area is 339 Å². The number of hydrogen-bond acceptors (Lipinski definition) is 7. The van der Waals surface area contributed by atoms with E-state index in [1.807, 2.05) is 54.6 Å². The molecule has 1 aliphatic rings. The van der Waals surface area contributed by atoms with E-state index in [9.17, 15) is 24.0 Å². The number of nitrogens with one attached hydrogen (secondary N) is 2. The van der Waals surface area contributed by atoms with Crippen LogP contribution in [0.15, 0.2) is 72.8 Å². The summed E-state index contributed by atoms with van der Waals surface area (Å²) in [4.78, 5) is 67.4. The molecule has 0 bridgehead atoms. The molecule has 4 N–H and O–H groups in total. The van der Waals surface area contributed by atoms with Crippen LogP contribution in [0.25, 0.3) is 0 Å². The van der Waals surface area contributed by atoms with Crippen LogP contribution in [0.3, 0.4) is 0 Å². The van der Waals surface area contributed by atoms with Crippen molar-refractivity contribution < 1.29 is 34.2 Å². The van der Waals surface area contributed by atoms with Gasteiger partial charge in [-0.05, 0) is 116 Å². The lowest BCUT2D eigenvalue weighted by molar-refractivity contribution is -0.140. The standard InChI is InChI=1S/C45H54N4O7S/c1-4-36(5-2)49(27-26-48(3)39(50)24-25-40(51)52)29-32-12-9-13-34(28-32)42(53)47-44-41(37-14-6-7-15-38(37)57-44)43(54)46-35-22-18-31(19-23-35)11-8-10-30-16-20-33(21-17-30)45(55)56/h9,12-13,16-23,28,36H,4-8,10-11,14-15,24-27,29H2,1-3H3,(H,46,54)(H,47,53)(H,51,52)(H,55,56). The molecule has 11 nitrogen and oxygen atoms in total. The summed E-state index contributed by atoms with van der Waals surface area (Å²) in [6.07, 6.45) is 7.86. The van der Waals surface area contributed by atoms with Crippen molar-refractivity contribution in [2.24, 2.45) is 0 Å². The average Bonchev–Trinajstić information content (AvgIpc) is 3.58. The van der Waals surface area contributed by atoms with Crippen molar-refractivity contribution in [2.45, 2.75) is 97.1 Å². The molecule has 1 aromatic heterocycles. The number of rotatable bonds is 20. The van der Waals surface area contributed by atoms with Gasteiger partial charge in [-0.1, -0.05) is 50.2 Å². The number of carboxylic acids is 2. The first-order valence-corrected chi connectivity index (χ1v) is 20.7. The van der Waals surface area contributed by atoms with Gasteiger partial charge in [0.15, 0.2) is 0 Å². The van der Waals surface area contributed by atoms with Gasteiger partial charge in [-0.15, -0.1) is 11.3 Å². The van der Waals surface area contributed by atoms with Gasteiger partial charge < -0.3 is 25.7 Å². The maximum absolute atomic E-state index is 13.9. The van der Waals surface area contributed by atoms with Crippen LogP contribution in [0.1, 0.15) is 117 Å². The summed E-state index contributed by atoms with van der Waals surface area (Å²) in [6, 6.07) is 22.6. The van der Waals surface area contributed by atoms with Gasteiger partial charge in [0.05, 0.1) is 17.5 Å². The van der Waals surface area contributed by atoms with Crippen LogP contribution in [-0.4, -0.2) is 75.9 Å². The molecule has 0 unspecified atom stereocenters. The molecular formula is C45H54N4O7S. The SMILES string of the molecule is CCC(CC)N(CCN(C)C(=O)CCC(=O)O)Cc1cccc(C(=O)Nc2sc3c(c2C(=O)Nc2ccc(CCCc4ccc(C(=O)O)cc4)cc2)CCCC3)c1. The van der Waals surface area contributed by atoms with E-state index in [1.165, 1.54) is 11.3 Å². The second-order valence-electron chi connectivity index (χ2n) is 14.7. The number of likely N-dealkylation sites (N-methyl/N-ethyl adjacent to an activating group) is 1. The Hall–Kier alpha value is -5.33. The number of aromatic carboxylic acids is 1. The number of hydrogen-bond donors (Lipinski definition) is 4. The summed E-state index contributed by atoms with van der Waals surface area (Å²) in [5.74, 6) is -2.66. The van der Waals surface area contributed by atoms with Crippen molar-refractivity contribution in [3.63, 3.8) is 0 Å². The van der Waals surface area contributed by atoms with Crippen LogP contribution < -0.4 is 10.6 Å². The molecule has 0 aliphatic heterocycles. The lowest BCUT2D eigenvalue weighted by atomic mass is 9.95. The first-order chi connectivity index (χ1) is 27.4. The summed E-state index contributed by atoms with van der Waals surface area (Å²) >= 11 is 1.48. The minimum absolute atomic E-state index is 0.0319. The molecule has 0 atom stereocenters. The lowest BCUT2D eigenvalue weighted by Crippen LogP contribution is -2.41. The van der Waals surface area contributed by atoms with Crippen LogP contribution in [-0.2, 0) is 41.8 Å². The normalized spacial score (nSPS) is 12.3. The zero-order chi connectivity index (χ0) is 40.9. The van der Waals surface area contributed by atoms with Gasteiger partial charge in [-0.25, -0.2) is 4.79 Å². The largest absolute Gasteiger partial charge is 0.481 e. The van der Waals surface area contributed by atoms with Crippen LogP contribution in [0.2, 0.25) is 0 Å². The van der Waals surface area contributed by atoms with Crippen molar-refractivity contribution >= 4 is 51.7 Å². The maximum atomic E-state index is 13.9. The van der Waals surface area contributed by atoms with Gasteiger partial charge in [0.2, 0.25) is 5.91 Å². The Morgan fingerprint density at radius 3 is 2.07 bits per heavy atom. The Kier molecular flexibility index (Phi) is 15.6. The average molecular weight is 795 g/mol. The number of amides is 3. The zero-order valence-corrected chi connectivity index (χ0v) is 34.0. The fraction of sp³-hybridized carbons (Fsp3) is 0.400. The highest BCUT2D eigenvalue weighted by atomic mass is 32.1. The number of nitrogens with zero attached hydrogens (tertiary/aromatic N) is 2. The molecule has 57 heavy (non-hydrogen) atoms. The topological polar surface area (TPSA) is 156 Å². The van der Waals surface area contributed by atoms with Crippen molar-refractivity contribution in [1.82, 2.24) is 9.80 Å². The summed E-state index contributed by atoms with van der Waals surface area (Å²) in [5.41, 5.74) is 6.15. The quantitative estimate of drug-likeness (QED) is 0.0696. The van der Waals surface area contributed by atoms with Gasteiger partial charge in [0.25, 0.3) is 11.8 Å². The van der Waals surface area contributed by atoms with E-state index in [2.05, 4.69) is 29.4 Å². The minimum atomic E-state index is -0.992. The van der Waals surface area contributed by atoms with Crippen LogP contribution in [0.4, 0.5) is 10.7 Å². The number of fused-ring (bicyclic) bond motifs is 1. The summed E-state index contributed by atoms with van der Waals surface area (Å²) in [5, 5.41) is 24.8. The van der Waals surface area contributed by atoms with E-state index in [0.717, 1.165) is 84.9 Å². The molecule has 0 fully saturated rings. The fourth-order valence-electron chi connectivity index (χ4n) is 7.38. The molecule has 12 heteroatoms. The van der Waals surface area contributed by atoms with E-state index in [0.29, 0.717) is 41.4 Å². The van der Waals surface area contributed by atoms with Crippen LogP contribution in [0.5, 0.6) is 0 Å². The molecule has 5 rings (SSSR count). The first-order valence-electron chi connectivity index (χ1n) is 19.9. The predicted molar refractivity (Wildman–Crippen MR) is 224 cm³/mol. The summed E-state index contributed by atoms with van der Waals surface area (Å²) in [6.45, 7) is 5.90. The molecule has 0 radical (unpaired) electrons. The van der Waals surface area contributed by atoms with Gasteiger partial charge in [-0.3, -0.25) is 24.1 Å². The third-order valence-corrected chi connectivity index (χ3v) is 11.9. The number of benzene rings is 3. The smallest absolute Gasteiger partial charge is 0.335 e. The van der Waals surface area contributed by atoms with E-state index >= 15 is 0 Å². The van der Waals surface area contributed by atoms with Gasteiger partial charge >= 0.3 is 11.9 Å². The predicted octanol–water partition coefficient (Wildman–Crippen LogP) is 8.32. The van der Waals surface area contributed by atoms with E-state index < -0.39 is 11.9 Å². The first kappa shape index (κ1) is 42.8. The molecule has 0 spiro atoms. The van der Waals surface area contributed by atoms with E-state index in [-0.39, 0.29) is 42.2 Å². The van der Waals surface area contributed by atoms with Crippen LogP contribution in [0, 0.1) is 0 Å². The van der Waals surface area contributed by atoms with E-state index in [4.69, 9.17) is 10.2 Å². The van der Waals surface area contributed by atoms with Crippen molar-refractivity contribution in [1.29, 1.82) is 0 Å². The molecule has 1 aliphatic carbocycles. The minimum Gasteiger partial charge on any atom is -0.481 e. The maximum Gasteiger partial charge on any atom is 0.335 e. The van der Waals surface area contributed by atoms with Gasteiger partial charge in [-0.2, -0.15) is 0 Å². The highest BCUT2D eigenvalue weighted by Gasteiger charge is 2.27. The third kappa shape index (κ3) is 12.1. The molecule has 4 aromatic rings. The Morgan fingerprint density at radius 2 is 1.42 bits per heavy atom. The lowest BCUT2D eigenvalue weighted by Gasteiger charge is -2.32. The second kappa shape index (κ2) is 20.7. The zero-order valence-electron chi connectivity index (χ0n) is 33.1. The van der Waals surface area contributed by atoms with Gasteiger partial charge in [0, 0.05) is 55.3 Å². The van der Waals surface area contributed by atoms with Crippen LogP contribution >= 0.6 is 11.3 Å². The number of carboxylic acid groups (broad SMARTS) is 2. The number of carbonyl (C=O) groups is 5. The van der Waals surface area contributed by atoms with E-state index in [1.54, 1.807) is 30.1 Å². The fourth-order valence-corrected chi connectivity index (χ4v) is 8.66. The Morgan fingerprint density at radius 1 is 0.754 bits per heavy atom. The van der Waals surface area contributed by atoms with Crippen molar-refractivity contribution in [3.05, 3.63) is 117 Å². The highest BCUT2D eigenvalue weighted by Crippen LogP contribution is 2.39. The van der Waals surface area contributed by atoms with Gasteiger partial charge in [0.1, 0.15) is 5.00 Å². The molecule has 1 heterocycles. The Balaban J connectivity index is 1.23. The molecule has 0 saturated heterocycles. The number of aryl methyl sites for hydroxylation is 3. The number of anilines is 2. The number of thiophene rings is 1. The monoisotopic (exact) mass is 794 g/mol. The second-order valence-corrected chi connectivity index (χ2v) is 15.8. The molecule has 302 valence electrons. The molecule has 0 saturated carbocycles. The third-order valence-electron chi connectivity index (χ3n) is 10.7. The highest BCUT2D eigenvalue weighted by molar-refractivity contribution is 7.17. The summed E-state index contributed by atoms with van der Waals surface area (Å²) in [7, 11) is 1.70. The molecule has 3 amide bonds. The van der Waals surface area contributed by atoms with Crippen molar-refractivity contribution in [3.8, 4) is 0 Å². The van der Waals surface area contributed by atoms with Crippen molar-refractivity contribution in [2.75, 3.05) is 30.8 Å². The Bertz CT molecular complexity index is 2020. The summed E-state index contributed by atoms with van der Waals surface area (Å²) < 4.78 is 0. The number of carbonyl (C=O) groups excluding carboxylic acids is 3. The molecular weight excluding hydrogens is 741 g/mol. The number of aliphatic carboxylic acids is 1.